The molecule has 1 aliphatic heterocycles. The maximum absolute atomic E-state index is 12.4. The molecule has 0 bridgehead atoms. The van der Waals surface area contributed by atoms with Crippen molar-refractivity contribution in [2.75, 3.05) is 27.3 Å². The van der Waals surface area contributed by atoms with Gasteiger partial charge < -0.3 is 19.1 Å². The molecular formula is C21H23NO4S. The van der Waals surface area contributed by atoms with E-state index in [2.05, 4.69) is 4.90 Å². The second-order valence-corrected chi connectivity index (χ2v) is 6.72. The Hall–Kier alpha value is -2.60. The van der Waals surface area contributed by atoms with E-state index in [1.165, 1.54) is 6.42 Å². The van der Waals surface area contributed by atoms with E-state index in [1.54, 1.807) is 44.6 Å². The van der Waals surface area contributed by atoms with E-state index in [-0.39, 0.29) is 0 Å². The van der Waals surface area contributed by atoms with Gasteiger partial charge in [-0.25, -0.2) is 4.79 Å². The Morgan fingerprint density at radius 2 is 1.56 bits per heavy atom. The van der Waals surface area contributed by atoms with Gasteiger partial charge in [0.2, 0.25) is 0 Å². The minimum atomic E-state index is -0.456. The maximum Gasteiger partial charge on any atom is 0.343 e. The highest BCUT2D eigenvalue weighted by Gasteiger charge is 2.18. The number of ether oxygens (including phenoxy) is 3. The van der Waals surface area contributed by atoms with Crippen molar-refractivity contribution < 1.29 is 19.0 Å². The molecule has 0 saturated carbocycles. The minimum Gasteiger partial charge on any atom is -0.497 e. The van der Waals surface area contributed by atoms with Gasteiger partial charge in [-0.2, -0.15) is 0 Å². The van der Waals surface area contributed by atoms with Crippen molar-refractivity contribution in [1.29, 1.82) is 0 Å². The number of methoxy groups -OCH3 is 2. The number of hydrogen-bond donors (Lipinski definition) is 0. The molecule has 2 aromatic rings. The van der Waals surface area contributed by atoms with E-state index < -0.39 is 5.97 Å². The van der Waals surface area contributed by atoms with E-state index in [9.17, 15) is 4.79 Å². The van der Waals surface area contributed by atoms with Crippen LogP contribution >= 0.6 is 12.2 Å². The molecule has 0 aromatic heterocycles. The van der Waals surface area contributed by atoms with Crippen LogP contribution in [0.15, 0.2) is 42.5 Å². The molecule has 1 fully saturated rings. The van der Waals surface area contributed by atoms with E-state index >= 15 is 0 Å². The molecule has 6 heteroatoms. The molecule has 1 heterocycles. The summed E-state index contributed by atoms with van der Waals surface area (Å²) in [6.45, 7) is 1.96. The van der Waals surface area contributed by atoms with Gasteiger partial charge in [-0.1, -0.05) is 12.2 Å². The Kier molecular flexibility index (Phi) is 6.29. The highest BCUT2D eigenvalue weighted by atomic mass is 32.1. The summed E-state index contributed by atoms with van der Waals surface area (Å²) < 4.78 is 16.0. The summed E-state index contributed by atoms with van der Waals surface area (Å²) in [5.74, 6) is 1.07. The van der Waals surface area contributed by atoms with Crippen molar-refractivity contribution >= 4 is 23.2 Å². The summed E-state index contributed by atoms with van der Waals surface area (Å²) in [6, 6.07) is 12.2. The number of thiocarbonyl (C=S) groups is 1. The van der Waals surface area contributed by atoms with Crippen molar-refractivity contribution in [3.05, 3.63) is 53.6 Å². The zero-order valence-electron chi connectivity index (χ0n) is 15.6. The van der Waals surface area contributed by atoms with E-state index in [4.69, 9.17) is 26.4 Å². The number of carbonyl (C=O) groups is 1. The molecule has 0 amide bonds. The Morgan fingerprint density at radius 1 is 0.889 bits per heavy atom. The van der Waals surface area contributed by atoms with Crippen LogP contribution in [-0.4, -0.2) is 43.2 Å². The average molecular weight is 385 g/mol. The van der Waals surface area contributed by atoms with Crippen molar-refractivity contribution in [3.8, 4) is 17.2 Å². The van der Waals surface area contributed by atoms with Crippen LogP contribution in [0.3, 0.4) is 0 Å². The molecule has 0 atom stereocenters. The number of carbonyl (C=O) groups excluding carboxylic acids is 1. The summed E-state index contributed by atoms with van der Waals surface area (Å²) in [6.07, 6.45) is 3.58. The van der Waals surface area contributed by atoms with Crippen molar-refractivity contribution in [3.63, 3.8) is 0 Å². The van der Waals surface area contributed by atoms with Crippen LogP contribution in [0.4, 0.5) is 0 Å². The number of rotatable bonds is 5. The predicted octanol–water partition coefficient (Wildman–Crippen LogP) is 4.08. The van der Waals surface area contributed by atoms with Crippen molar-refractivity contribution in [2.24, 2.45) is 0 Å². The maximum atomic E-state index is 12.4. The number of hydrogen-bond acceptors (Lipinski definition) is 5. The first-order valence-electron chi connectivity index (χ1n) is 8.96. The third-order valence-electron chi connectivity index (χ3n) is 4.58. The molecule has 1 saturated heterocycles. The molecular weight excluding hydrogens is 362 g/mol. The Balaban J connectivity index is 1.75. The highest BCUT2D eigenvalue weighted by molar-refractivity contribution is 7.80. The highest BCUT2D eigenvalue weighted by Crippen LogP contribution is 2.30. The molecule has 0 radical (unpaired) electrons. The second-order valence-electron chi connectivity index (χ2n) is 6.34. The topological polar surface area (TPSA) is 48.0 Å². The monoisotopic (exact) mass is 385 g/mol. The van der Waals surface area contributed by atoms with Crippen molar-refractivity contribution in [2.45, 2.75) is 19.3 Å². The van der Waals surface area contributed by atoms with Crippen molar-refractivity contribution in [1.82, 2.24) is 4.90 Å². The van der Waals surface area contributed by atoms with Crippen LogP contribution < -0.4 is 14.2 Å². The lowest BCUT2D eigenvalue weighted by atomic mass is 10.1. The Morgan fingerprint density at radius 3 is 2.19 bits per heavy atom. The van der Waals surface area contributed by atoms with Crippen LogP contribution in [0.1, 0.15) is 35.2 Å². The molecule has 5 nitrogen and oxygen atoms in total. The van der Waals surface area contributed by atoms with Crippen LogP contribution in [0.5, 0.6) is 17.2 Å². The molecule has 0 aliphatic carbocycles. The minimum absolute atomic E-state index is 0.364. The standard InChI is InChI=1S/C21H23NO4S/c1-24-17-9-6-15(7-10-17)21(23)26-18-11-8-16(14-19(18)25-2)20(27)22-12-4-3-5-13-22/h6-11,14H,3-5,12-13H2,1-2H3. The fourth-order valence-corrected chi connectivity index (χ4v) is 3.36. The van der Waals surface area contributed by atoms with Crippen LogP contribution in [0, 0.1) is 0 Å². The fourth-order valence-electron chi connectivity index (χ4n) is 3.05. The van der Waals surface area contributed by atoms with Gasteiger partial charge in [0.25, 0.3) is 0 Å². The summed E-state index contributed by atoms with van der Waals surface area (Å²) in [5, 5.41) is 0. The third kappa shape index (κ3) is 4.57. The lowest BCUT2D eigenvalue weighted by molar-refractivity contribution is 0.0729. The molecule has 27 heavy (non-hydrogen) atoms. The van der Waals surface area contributed by atoms with Gasteiger partial charge in [0.15, 0.2) is 11.5 Å². The van der Waals surface area contributed by atoms with Crippen LogP contribution in [0.2, 0.25) is 0 Å². The summed E-state index contributed by atoms with van der Waals surface area (Å²) in [4.78, 5) is 15.4. The molecule has 1 aliphatic rings. The smallest absolute Gasteiger partial charge is 0.343 e. The first kappa shape index (κ1) is 19.2. The van der Waals surface area contributed by atoms with Gasteiger partial charge in [-0.15, -0.1) is 0 Å². The second kappa shape index (κ2) is 8.86. The van der Waals surface area contributed by atoms with E-state index in [1.807, 2.05) is 12.1 Å². The molecule has 0 spiro atoms. The van der Waals surface area contributed by atoms with Crippen LogP contribution in [-0.2, 0) is 0 Å². The molecule has 0 N–H and O–H groups in total. The summed E-state index contributed by atoms with van der Waals surface area (Å²) >= 11 is 5.63. The lowest BCUT2D eigenvalue weighted by Gasteiger charge is -2.29. The summed E-state index contributed by atoms with van der Waals surface area (Å²) in [7, 11) is 3.13. The lowest BCUT2D eigenvalue weighted by Crippen LogP contribution is -2.34. The SMILES string of the molecule is COc1ccc(C(=O)Oc2ccc(C(=S)N3CCCCC3)cc2OC)cc1. The molecule has 2 aromatic carbocycles. The number of piperidine rings is 1. The number of likely N-dealkylation sites (tertiary alicyclic amines) is 1. The number of benzene rings is 2. The zero-order valence-corrected chi connectivity index (χ0v) is 16.4. The zero-order chi connectivity index (χ0) is 19.2. The Labute approximate surface area is 164 Å². The van der Waals surface area contributed by atoms with Crippen LogP contribution in [0.25, 0.3) is 0 Å². The summed E-state index contributed by atoms with van der Waals surface area (Å²) in [5.41, 5.74) is 1.33. The molecule has 3 rings (SSSR count). The Bertz CT molecular complexity index is 813. The van der Waals surface area contributed by atoms with E-state index in [0.717, 1.165) is 36.5 Å². The average Bonchev–Trinajstić information content (AvgIpc) is 2.74. The van der Waals surface area contributed by atoms with Gasteiger partial charge in [0.1, 0.15) is 10.7 Å². The normalized spacial score (nSPS) is 13.8. The predicted molar refractivity (Wildman–Crippen MR) is 108 cm³/mol. The first-order chi connectivity index (χ1) is 13.1. The fraction of sp³-hybridized carbons (Fsp3) is 0.333. The quantitative estimate of drug-likeness (QED) is 0.439. The van der Waals surface area contributed by atoms with Gasteiger partial charge in [0.05, 0.1) is 19.8 Å². The van der Waals surface area contributed by atoms with Gasteiger partial charge in [0, 0.05) is 18.7 Å². The van der Waals surface area contributed by atoms with Gasteiger partial charge >= 0.3 is 5.97 Å². The molecule has 142 valence electrons. The largest absolute Gasteiger partial charge is 0.497 e. The molecule has 0 unspecified atom stereocenters. The van der Waals surface area contributed by atoms with Gasteiger partial charge in [-0.05, 0) is 61.7 Å². The number of esters is 1. The number of nitrogens with zero attached hydrogens (tertiary/aromatic N) is 1. The third-order valence-corrected chi connectivity index (χ3v) is 5.08. The first-order valence-corrected chi connectivity index (χ1v) is 9.36. The van der Waals surface area contributed by atoms with Gasteiger partial charge in [-0.3, -0.25) is 0 Å². The van der Waals surface area contributed by atoms with E-state index in [0.29, 0.717) is 22.8 Å².